The van der Waals surface area contributed by atoms with Gasteiger partial charge in [0.15, 0.2) is 5.70 Å². The summed E-state index contributed by atoms with van der Waals surface area (Å²) in [5, 5.41) is 15.9. The molecule has 1 aromatic heterocycles. The number of rotatable bonds is 4. The summed E-state index contributed by atoms with van der Waals surface area (Å²) in [5.74, 6) is -0.848. The number of carbonyl (C=O) groups is 1. The average molecular weight is 443 g/mol. The number of cyclic esters (lactones) is 1. The lowest BCUT2D eigenvalue weighted by molar-refractivity contribution is -0.384. The van der Waals surface area contributed by atoms with Crippen molar-refractivity contribution in [2.24, 2.45) is 4.99 Å². The Kier molecular flexibility index (Phi) is 5.11. The van der Waals surface area contributed by atoms with Crippen LogP contribution in [0.1, 0.15) is 16.8 Å². The molecule has 1 aliphatic heterocycles. The fraction of sp³-hybridized carbons (Fsp3) is 0.0500. The van der Waals surface area contributed by atoms with Crippen LogP contribution in [0.5, 0.6) is 0 Å². The monoisotopic (exact) mass is 442 g/mol. The molecule has 10 heteroatoms. The van der Waals surface area contributed by atoms with Gasteiger partial charge in [-0.25, -0.2) is 14.5 Å². The highest BCUT2D eigenvalue weighted by Crippen LogP contribution is 2.30. The van der Waals surface area contributed by atoms with E-state index in [0.29, 0.717) is 16.4 Å². The quantitative estimate of drug-likeness (QED) is 0.251. The lowest BCUT2D eigenvalue weighted by Gasteiger charge is -2.02. The van der Waals surface area contributed by atoms with Crippen LogP contribution >= 0.6 is 23.2 Å². The molecule has 0 fully saturated rings. The number of non-ortho nitro benzene ring substituents is 1. The zero-order valence-electron chi connectivity index (χ0n) is 15.4. The van der Waals surface area contributed by atoms with E-state index in [1.807, 2.05) is 30.3 Å². The molecule has 30 heavy (non-hydrogen) atoms. The largest absolute Gasteiger partial charge is 0.402 e. The molecule has 3 aromatic rings. The van der Waals surface area contributed by atoms with Gasteiger partial charge < -0.3 is 4.74 Å². The number of esters is 1. The Balaban J connectivity index is 1.75. The number of para-hydroxylation sites is 1. The fourth-order valence-electron chi connectivity index (χ4n) is 2.87. The van der Waals surface area contributed by atoms with Crippen molar-refractivity contribution in [2.45, 2.75) is 6.92 Å². The molecule has 2 aromatic carbocycles. The number of aryl methyl sites for hydroxylation is 1. The number of nitro groups is 1. The van der Waals surface area contributed by atoms with E-state index in [1.165, 1.54) is 24.3 Å². The number of benzene rings is 2. The Morgan fingerprint density at radius 1 is 1.17 bits per heavy atom. The number of halogens is 2. The van der Waals surface area contributed by atoms with E-state index in [1.54, 1.807) is 11.6 Å². The van der Waals surface area contributed by atoms with Gasteiger partial charge in [-0.1, -0.05) is 41.4 Å². The van der Waals surface area contributed by atoms with Crippen molar-refractivity contribution >= 4 is 46.8 Å². The summed E-state index contributed by atoms with van der Waals surface area (Å²) in [6, 6.07) is 13.1. The number of hydrogen-bond acceptors (Lipinski definition) is 6. The first-order valence-corrected chi connectivity index (χ1v) is 9.38. The molecule has 0 amide bonds. The van der Waals surface area contributed by atoms with E-state index in [2.05, 4.69) is 10.1 Å². The minimum absolute atomic E-state index is 0.0230. The molecule has 0 saturated carbocycles. The molecule has 150 valence electrons. The van der Waals surface area contributed by atoms with Crippen LogP contribution in [0, 0.1) is 17.0 Å². The van der Waals surface area contributed by atoms with Gasteiger partial charge in [-0.2, -0.15) is 5.10 Å². The summed E-state index contributed by atoms with van der Waals surface area (Å²) in [4.78, 5) is 27.0. The molecule has 0 N–H and O–H groups in total. The van der Waals surface area contributed by atoms with Crippen LogP contribution in [-0.4, -0.2) is 26.6 Å². The molecule has 0 spiro atoms. The molecule has 0 radical (unpaired) electrons. The van der Waals surface area contributed by atoms with E-state index in [0.717, 1.165) is 5.69 Å². The summed E-state index contributed by atoms with van der Waals surface area (Å²) in [7, 11) is 0. The molecule has 1 aliphatic rings. The highest BCUT2D eigenvalue weighted by atomic mass is 35.5. The topological polar surface area (TPSA) is 99.6 Å². The highest BCUT2D eigenvalue weighted by molar-refractivity contribution is 6.34. The Morgan fingerprint density at radius 3 is 2.60 bits per heavy atom. The molecule has 0 unspecified atom stereocenters. The molecule has 8 nitrogen and oxygen atoms in total. The smallest absolute Gasteiger partial charge is 0.363 e. The normalized spacial score (nSPS) is 14.7. The predicted octanol–water partition coefficient (Wildman–Crippen LogP) is 4.74. The first-order valence-electron chi connectivity index (χ1n) is 8.62. The van der Waals surface area contributed by atoms with E-state index in [-0.39, 0.29) is 27.9 Å². The molecular weight excluding hydrogens is 431 g/mol. The summed E-state index contributed by atoms with van der Waals surface area (Å²) in [5.41, 5.74) is 1.77. The van der Waals surface area contributed by atoms with Gasteiger partial charge in [0.25, 0.3) is 5.69 Å². The number of ether oxygens (including phenoxy) is 1. The van der Waals surface area contributed by atoms with Crippen LogP contribution < -0.4 is 0 Å². The van der Waals surface area contributed by atoms with Gasteiger partial charge >= 0.3 is 5.97 Å². The summed E-state index contributed by atoms with van der Waals surface area (Å²) >= 11 is 12.6. The molecule has 0 bridgehead atoms. The Hall–Kier alpha value is -3.49. The van der Waals surface area contributed by atoms with Crippen molar-refractivity contribution in [3.63, 3.8) is 0 Å². The maximum atomic E-state index is 12.3. The van der Waals surface area contributed by atoms with E-state index in [4.69, 9.17) is 27.9 Å². The van der Waals surface area contributed by atoms with E-state index in [9.17, 15) is 14.9 Å². The predicted molar refractivity (Wildman–Crippen MR) is 112 cm³/mol. The van der Waals surface area contributed by atoms with Gasteiger partial charge in [-0.15, -0.1) is 0 Å². The Bertz CT molecular complexity index is 1250. The van der Waals surface area contributed by atoms with Crippen molar-refractivity contribution in [1.82, 2.24) is 9.78 Å². The zero-order valence-corrected chi connectivity index (χ0v) is 16.9. The minimum Gasteiger partial charge on any atom is -0.402 e. The van der Waals surface area contributed by atoms with Crippen molar-refractivity contribution in [3.8, 4) is 5.69 Å². The SMILES string of the molecule is Cc1nn(-c2ccccc2)c(Cl)c1C=C1N=C(c2cc([N+](=O)[O-])ccc2Cl)OC1=O. The second-order valence-corrected chi connectivity index (χ2v) is 7.06. The first kappa shape index (κ1) is 19.8. The lowest BCUT2D eigenvalue weighted by atomic mass is 10.2. The Morgan fingerprint density at radius 2 is 1.90 bits per heavy atom. The van der Waals surface area contributed by atoms with Crippen LogP contribution in [0.15, 0.2) is 59.2 Å². The van der Waals surface area contributed by atoms with Crippen molar-refractivity contribution in [3.05, 3.63) is 91.3 Å². The first-order chi connectivity index (χ1) is 14.3. The number of aromatic nitrogens is 2. The molecular formula is C20H12Cl2N4O4. The highest BCUT2D eigenvalue weighted by Gasteiger charge is 2.28. The van der Waals surface area contributed by atoms with Gasteiger partial charge in [-0.3, -0.25) is 10.1 Å². The standard InChI is InChI=1S/C20H12Cl2N4O4/c1-11-14(18(22)25(24-11)12-5-3-2-4-6-12)10-17-20(27)30-19(23-17)15-9-13(26(28)29)7-8-16(15)21/h2-10H,1H3. The third kappa shape index (κ3) is 3.58. The van der Waals surface area contributed by atoms with E-state index >= 15 is 0 Å². The minimum atomic E-state index is -0.726. The van der Waals surface area contributed by atoms with Crippen molar-refractivity contribution in [1.29, 1.82) is 0 Å². The number of nitrogens with zero attached hydrogens (tertiary/aromatic N) is 4. The number of nitro benzene ring substituents is 1. The second kappa shape index (κ2) is 7.74. The molecule has 0 atom stereocenters. The van der Waals surface area contributed by atoms with Gasteiger partial charge in [0.2, 0.25) is 5.90 Å². The van der Waals surface area contributed by atoms with Crippen LogP contribution in [0.3, 0.4) is 0 Å². The number of aliphatic imine (C=N–C) groups is 1. The van der Waals surface area contributed by atoms with Gasteiger partial charge in [0, 0.05) is 17.7 Å². The Labute approximate surface area is 180 Å². The van der Waals surface area contributed by atoms with Crippen LogP contribution in [0.2, 0.25) is 10.2 Å². The van der Waals surface area contributed by atoms with Crippen LogP contribution in [0.25, 0.3) is 11.8 Å². The van der Waals surface area contributed by atoms with Crippen molar-refractivity contribution in [2.75, 3.05) is 0 Å². The average Bonchev–Trinajstić information content (AvgIpc) is 3.23. The van der Waals surface area contributed by atoms with Crippen LogP contribution in [0.4, 0.5) is 5.69 Å². The lowest BCUT2D eigenvalue weighted by Crippen LogP contribution is -2.06. The molecule has 2 heterocycles. The molecule has 0 saturated heterocycles. The third-order valence-electron chi connectivity index (χ3n) is 4.34. The third-order valence-corrected chi connectivity index (χ3v) is 5.03. The summed E-state index contributed by atoms with van der Waals surface area (Å²) in [6.07, 6.45) is 1.46. The number of carbonyl (C=O) groups excluding carboxylic acids is 1. The fourth-order valence-corrected chi connectivity index (χ4v) is 3.39. The second-order valence-electron chi connectivity index (χ2n) is 6.29. The molecule has 4 rings (SSSR count). The summed E-state index contributed by atoms with van der Waals surface area (Å²) in [6.45, 7) is 1.75. The number of hydrogen-bond donors (Lipinski definition) is 0. The van der Waals surface area contributed by atoms with E-state index < -0.39 is 10.9 Å². The molecule has 0 aliphatic carbocycles. The van der Waals surface area contributed by atoms with Gasteiger partial charge in [-0.05, 0) is 31.2 Å². The summed E-state index contributed by atoms with van der Waals surface area (Å²) < 4.78 is 6.73. The van der Waals surface area contributed by atoms with Crippen molar-refractivity contribution < 1.29 is 14.5 Å². The van der Waals surface area contributed by atoms with Gasteiger partial charge in [0.05, 0.1) is 26.9 Å². The van der Waals surface area contributed by atoms with Gasteiger partial charge in [0.1, 0.15) is 5.15 Å². The maximum absolute atomic E-state index is 12.3. The maximum Gasteiger partial charge on any atom is 0.363 e. The van der Waals surface area contributed by atoms with Crippen LogP contribution in [-0.2, 0) is 9.53 Å². The zero-order chi connectivity index (χ0) is 21.4.